The smallest absolute Gasteiger partial charge is 0.408 e. The average molecular weight is 293 g/mol. The first kappa shape index (κ1) is 16.8. The van der Waals surface area contributed by atoms with Crippen LogP contribution in [0.2, 0.25) is 0 Å². The Morgan fingerprint density at radius 2 is 2.14 bits per heavy atom. The second kappa shape index (κ2) is 6.97. The van der Waals surface area contributed by atoms with Gasteiger partial charge in [-0.1, -0.05) is 12.1 Å². The first-order valence-electron chi connectivity index (χ1n) is 6.55. The lowest BCUT2D eigenvalue weighted by Crippen LogP contribution is -2.38. The highest BCUT2D eigenvalue weighted by Gasteiger charge is 2.17. The van der Waals surface area contributed by atoms with Gasteiger partial charge < -0.3 is 10.1 Å². The van der Waals surface area contributed by atoms with E-state index in [0.717, 1.165) is 0 Å². The Bertz CT molecular complexity index is 550. The monoisotopic (exact) mass is 293 g/mol. The van der Waals surface area contributed by atoms with Crippen molar-refractivity contribution in [2.45, 2.75) is 39.3 Å². The van der Waals surface area contributed by atoms with Gasteiger partial charge in [0.25, 0.3) is 0 Å². The molecule has 1 aromatic carbocycles. The molecule has 1 aromatic rings. The topological polar surface area (TPSA) is 74.5 Å². The largest absolute Gasteiger partial charge is 0.444 e. The fraction of sp³-hybridized carbons (Fsp3) is 0.400. The van der Waals surface area contributed by atoms with Crippen molar-refractivity contribution < 1.29 is 13.9 Å². The molecule has 5 nitrogen and oxygen atoms in total. The van der Waals surface area contributed by atoms with Crippen LogP contribution in [0.25, 0.3) is 0 Å². The number of aliphatic imine (C=N–C) groups is 1. The van der Waals surface area contributed by atoms with Crippen LogP contribution in [0, 0.1) is 11.2 Å². The van der Waals surface area contributed by atoms with Crippen LogP contribution in [0.3, 0.4) is 0 Å². The maximum atomic E-state index is 13.0. The summed E-state index contributed by atoms with van der Waals surface area (Å²) in [5, 5.41) is 10.3. The first-order chi connectivity index (χ1) is 9.67. The molecule has 1 atom stereocenters. The number of nitrogens with one attached hydrogen (secondary N) is 2. The number of amidine groups is 1. The number of rotatable bonds is 3. The van der Waals surface area contributed by atoms with Crippen molar-refractivity contribution in [3.05, 3.63) is 35.6 Å². The van der Waals surface area contributed by atoms with Crippen LogP contribution in [0.4, 0.5) is 9.18 Å². The van der Waals surface area contributed by atoms with Gasteiger partial charge in [0.15, 0.2) is 5.84 Å². The summed E-state index contributed by atoms with van der Waals surface area (Å²) in [6, 6.07) is 5.22. The first-order valence-corrected chi connectivity index (χ1v) is 6.55. The van der Waals surface area contributed by atoms with Crippen molar-refractivity contribution in [2.24, 2.45) is 4.99 Å². The van der Waals surface area contributed by atoms with Crippen molar-refractivity contribution in [2.75, 3.05) is 0 Å². The summed E-state index contributed by atoms with van der Waals surface area (Å²) in [6.45, 7) is 7.01. The van der Waals surface area contributed by atoms with Gasteiger partial charge in [0, 0.05) is 11.8 Å². The molecule has 0 aliphatic carbocycles. The van der Waals surface area contributed by atoms with Crippen LogP contribution in [0.1, 0.15) is 33.3 Å². The van der Waals surface area contributed by atoms with Crippen molar-refractivity contribution in [1.82, 2.24) is 5.32 Å². The number of carbonyl (C=O) groups excluding carboxylic acids is 1. The Hall–Kier alpha value is -2.24. The summed E-state index contributed by atoms with van der Waals surface area (Å²) in [6.07, 6.45) is 0.843. The Morgan fingerprint density at radius 1 is 1.48 bits per heavy atom. The van der Waals surface area contributed by atoms with E-state index in [1.165, 1.54) is 24.4 Å². The van der Waals surface area contributed by atoms with Crippen LogP contribution in [0.5, 0.6) is 0 Å². The number of carbonyl (C=O) groups is 1. The molecule has 0 aliphatic heterocycles. The molecule has 114 valence electrons. The summed E-state index contributed by atoms with van der Waals surface area (Å²) < 4.78 is 18.1. The highest BCUT2D eigenvalue weighted by molar-refractivity contribution is 6.01. The Kier molecular flexibility index (Phi) is 5.58. The van der Waals surface area contributed by atoms with Gasteiger partial charge in [-0.3, -0.25) is 5.41 Å². The molecule has 0 saturated carbocycles. The predicted octanol–water partition coefficient (Wildman–Crippen LogP) is 3.14. The van der Waals surface area contributed by atoms with E-state index in [9.17, 15) is 9.18 Å². The Balaban J connectivity index is 2.56. The molecule has 0 saturated heterocycles. The van der Waals surface area contributed by atoms with Crippen LogP contribution < -0.4 is 5.32 Å². The third kappa shape index (κ3) is 6.65. The van der Waals surface area contributed by atoms with Crippen LogP contribution >= 0.6 is 0 Å². The predicted molar refractivity (Wildman–Crippen MR) is 80.6 cm³/mol. The van der Waals surface area contributed by atoms with E-state index in [1.54, 1.807) is 33.8 Å². The van der Waals surface area contributed by atoms with E-state index in [1.807, 2.05) is 0 Å². The number of hydrogen-bond donors (Lipinski definition) is 2. The standard InChI is InChI=1S/C15H20FN3O2/c1-10(19-14(20)21-15(2,3)4)9-18-13(17)11-6-5-7-12(16)8-11/h5-10,17H,1-4H3,(H,19,20). The minimum atomic E-state index is -0.574. The van der Waals surface area contributed by atoms with Crippen LogP contribution in [0.15, 0.2) is 29.3 Å². The number of amides is 1. The lowest BCUT2D eigenvalue weighted by Gasteiger charge is -2.20. The maximum Gasteiger partial charge on any atom is 0.408 e. The van der Waals surface area contributed by atoms with Crippen LogP contribution in [-0.2, 0) is 4.74 Å². The minimum absolute atomic E-state index is 0.0765. The van der Waals surface area contributed by atoms with E-state index in [2.05, 4.69) is 10.3 Å². The number of nitrogens with zero attached hydrogens (tertiary/aromatic N) is 1. The van der Waals surface area contributed by atoms with Crippen molar-refractivity contribution >= 4 is 18.1 Å². The lowest BCUT2D eigenvalue weighted by molar-refractivity contribution is 0.0522. The summed E-state index contributed by atoms with van der Waals surface area (Å²) in [5.74, 6) is -0.500. The van der Waals surface area contributed by atoms with Gasteiger partial charge in [-0.25, -0.2) is 14.2 Å². The number of benzene rings is 1. The molecular weight excluding hydrogens is 273 g/mol. The highest BCUT2D eigenvalue weighted by atomic mass is 19.1. The van der Waals surface area contributed by atoms with Gasteiger partial charge in [0.05, 0.1) is 6.04 Å². The molecule has 2 N–H and O–H groups in total. The molecule has 0 heterocycles. The maximum absolute atomic E-state index is 13.0. The highest BCUT2D eigenvalue weighted by Crippen LogP contribution is 2.07. The third-order valence-corrected chi connectivity index (χ3v) is 2.27. The molecule has 0 radical (unpaired) electrons. The van der Waals surface area contributed by atoms with Crippen LogP contribution in [-0.4, -0.2) is 29.8 Å². The van der Waals surface area contributed by atoms with E-state index < -0.39 is 23.6 Å². The summed E-state index contributed by atoms with van der Waals surface area (Å²) in [5.41, 5.74) is -0.203. The molecule has 0 aromatic heterocycles. The van der Waals surface area contributed by atoms with Gasteiger partial charge in [-0.2, -0.15) is 0 Å². The van der Waals surface area contributed by atoms with Crippen molar-refractivity contribution in [3.8, 4) is 0 Å². The van der Waals surface area contributed by atoms with Gasteiger partial charge in [0.1, 0.15) is 11.4 Å². The summed E-state index contributed by atoms with van der Waals surface area (Å²) in [4.78, 5) is 15.4. The SMILES string of the molecule is CC(C=NC(=N)c1cccc(F)c1)NC(=O)OC(C)(C)C. The van der Waals surface area contributed by atoms with E-state index in [4.69, 9.17) is 10.1 Å². The molecular formula is C15H20FN3O2. The van der Waals surface area contributed by atoms with Gasteiger partial charge in [-0.05, 0) is 39.8 Å². The molecule has 0 fully saturated rings. The van der Waals surface area contributed by atoms with Crippen molar-refractivity contribution in [3.63, 3.8) is 0 Å². The normalized spacial score (nSPS) is 13.0. The molecule has 1 unspecified atom stereocenters. The van der Waals surface area contributed by atoms with Gasteiger partial charge in [0.2, 0.25) is 0 Å². The summed E-state index contributed by atoms with van der Waals surface area (Å²) >= 11 is 0. The average Bonchev–Trinajstić information content (AvgIpc) is 2.33. The van der Waals surface area contributed by atoms with Gasteiger partial charge >= 0.3 is 6.09 Å². The van der Waals surface area contributed by atoms with E-state index >= 15 is 0 Å². The number of hydrogen-bond acceptors (Lipinski definition) is 3. The fourth-order valence-corrected chi connectivity index (χ4v) is 1.43. The Morgan fingerprint density at radius 3 is 2.71 bits per heavy atom. The quantitative estimate of drug-likeness (QED) is 0.663. The zero-order chi connectivity index (χ0) is 16.0. The zero-order valence-corrected chi connectivity index (χ0v) is 12.6. The second-order valence-corrected chi connectivity index (χ2v) is 5.57. The van der Waals surface area contributed by atoms with Gasteiger partial charge in [-0.15, -0.1) is 0 Å². The van der Waals surface area contributed by atoms with Crippen molar-refractivity contribution in [1.29, 1.82) is 5.41 Å². The molecule has 6 heteroatoms. The molecule has 0 aliphatic rings. The zero-order valence-electron chi connectivity index (χ0n) is 12.6. The summed E-state index contributed by atoms with van der Waals surface area (Å²) in [7, 11) is 0. The fourth-order valence-electron chi connectivity index (χ4n) is 1.43. The molecule has 1 rings (SSSR count). The van der Waals surface area contributed by atoms with E-state index in [0.29, 0.717) is 5.56 Å². The number of ether oxygens (including phenoxy) is 1. The van der Waals surface area contributed by atoms with E-state index in [-0.39, 0.29) is 5.84 Å². The number of alkyl carbamates (subject to hydrolysis) is 1. The Labute approximate surface area is 123 Å². The lowest BCUT2D eigenvalue weighted by atomic mass is 10.2. The molecule has 0 bridgehead atoms. The minimum Gasteiger partial charge on any atom is -0.444 e. The molecule has 1 amide bonds. The number of halogens is 1. The third-order valence-electron chi connectivity index (χ3n) is 2.27. The molecule has 0 spiro atoms. The second-order valence-electron chi connectivity index (χ2n) is 5.57. The molecule has 21 heavy (non-hydrogen) atoms.